The maximum atomic E-state index is 11.1. The monoisotopic (exact) mass is 247 g/mol. The molecule has 0 aromatic heterocycles. The minimum Gasteiger partial charge on any atom is -0.480 e. The van der Waals surface area contributed by atoms with Crippen LogP contribution in [0.3, 0.4) is 0 Å². The van der Waals surface area contributed by atoms with Gasteiger partial charge in [0.2, 0.25) is 0 Å². The molecule has 1 fully saturated rings. The second kappa shape index (κ2) is 5.83. The lowest BCUT2D eigenvalue weighted by atomic mass is 9.88. The maximum Gasteiger partial charge on any atom is 0.407 e. The molecule has 0 unspecified atom stereocenters. The highest BCUT2D eigenvalue weighted by atomic mass is 16.6. The van der Waals surface area contributed by atoms with Gasteiger partial charge >= 0.3 is 12.1 Å². The molecule has 4 atom stereocenters. The van der Waals surface area contributed by atoms with Gasteiger partial charge in [-0.2, -0.15) is 0 Å². The number of hydrogen-bond donors (Lipinski definition) is 3. The number of carbonyl (C=O) groups excluding carboxylic acids is 1. The number of carbonyl (C=O) groups is 2. The number of carboxylic acid groups (broad SMARTS) is 1. The minimum atomic E-state index is -1.15. The lowest BCUT2D eigenvalue weighted by Crippen LogP contribution is -2.49. The van der Waals surface area contributed by atoms with Crippen molar-refractivity contribution in [3.8, 4) is 0 Å². The summed E-state index contributed by atoms with van der Waals surface area (Å²) in [5.74, 6) is -1.54. The van der Waals surface area contributed by atoms with E-state index in [4.69, 9.17) is 9.84 Å². The molecule has 0 saturated carbocycles. The Morgan fingerprint density at radius 3 is 2.59 bits per heavy atom. The van der Waals surface area contributed by atoms with E-state index < -0.39 is 24.4 Å². The van der Waals surface area contributed by atoms with E-state index in [1.807, 2.05) is 0 Å². The SMILES string of the molecule is COC(=O)N[C@H](C(=O)O)[C@@H]1C[C@@H](C)O[C@H](O)C1. The van der Waals surface area contributed by atoms with Crippen molar-refractivity contribution in [3.05, 3.63) is 0 Å². The zero-order chi connectivity index (χ0) is 13.0. The van der Waals surface area contributed by atoms with Crippen molar-refractivity contribution in [2.45, 2.75) is 38.2 Å². The third-order valence-electron chi connectivity index (χ3n) is 2.72. The minimum absolute atomic E-state index is 0.172. The number of carboxylic acids is 1. The first-order chi connectivity index (χ1) is 7.93. The van der Waals surface area contributed by atoms with E-state index >= 15 is 0 Å². The average Bonchev–Trinajstić information content (AvgIpc) is 2.23. The van der Waals surface area contributed by atoms with Crippen LogP contribution in [-0.4, -0.2) is 47.8 Å². The highest BCUT2D eigenvalue weighted by Crippen LogP contribution is 2.26. The molecule has 0 aromatic rings. The summed E-state index contributed by atoms with van der Waals surface area (Å²) in [7, 11) is 1.16. The first-order valence-corrected chi connectivity index (χ1v) is 5.34. The van der Waals surface area contributed by atoms with Gasteiger partial charge in [-0.3, -0.25) is 0 Å². The molecule has 3 N–H and O–H groups in total. The Labute approximate surface area is 98.7 Å². The van der Waals surface area contributed by atoms with Crippen molar-refractivity contribution in [2.75, 3.05) is 7.11 Å². The fourth-order valence-corrected chi connectivity index (χ4v) is 2.00. The normalized spacial score (nSPS) is 30.4. The van der Waals surface area contributed by atoms with Crippen LogP contribution in [-0.2, 0) is 14.3 Å². The van der Waals surface area contributed by atoms with Gasteiger partial charge in [0.05, 0.1) is 13.2 Å². The van der Waals surface area contributed by atoms with Gasteiger partial charge in [-0.15, -0.1) is 0 Å². The van der Waals surface area contributed by atoms with Crippen molar-refractivity contribution in [2.24, 2.45) is 5.92 Å². The molecule has 1 heterocycles. The predicted molar refractivity (Wildman–Crippen MR) is 56.2 cm³/mol. The molecule has 0 spiro atoms. The van der Waals surface area contributed by atoms with Gasteiger partial charge in [-0.25, -0.2) is 9.59 Å². The lowest BCUT2D eigenvalue weighted by molar-refractivity contribution is -0.177. The summed E-state index contributed by atoms with van der Waals surface area (Å²) in [6, 6.07) is -1.08. The Morgan fingerprint density at radius 2 is 2.12 bits per heavy atom. The quantitative estimate of drug-likeness (QED) is 0.644. The van der Waals surface area contributed by atoms with Gasteiger partial charge in [0.15, 0.2) is 6.29 Å². The van der Waals surface area contributed by atoms with E-state index in [0.717, 1.165) is 7.11 Å². The molecule has 0 aromatic carbocycles. The smallest absolute Gasteiger partial charge is 0.407 e. The number of ether oxygens (including phenoxy) is 2. The number of amides is 1. The largest absolute Gasteiger partial charge is 0.480 e. The zero-order valence-corrected chi connectivity index (χ0v) is 9.75. The van der Waals surface area contributed by atoms with Crippen LogP contribution in [0, 0.1) is 5.92 Å². The molecule has 0 bridgehead atoms. The van der Waals surface area contributed by atoms with E-state index in [-0.39, 0.29) is 18.4 Å². The molecule has 0 radical (unpaired) electrons. The molecule has 0 aliphatic carbocycles. The van der Waals surface area contributed by atoms with E-state index in [9.17, 15) is 14.7 Å². The summed E-state index contributed by atoms with van der Waals surface area (Å²) in [5, 5.41) is 20.7. The number of hydrogen-bond acceptors (Lipinski definition) is 5. The van der Waals surface area contributed by atoms with Crippen molar-refractivity contribution >= 4 is 12.1 Å². The van der Waals surface area contributed by atoms with Gasteiger partial charge < -0.3 is 25.0 Å². The Morgan fingerprint density at radius 1 is 1.47 bits per heavy atom. The number of aliphatic hydroxyl groups excluding tert-OH is 1. The molecule has 1 rings (SSSR count). The van der Waals surface area contributed by atoms with Gasteiger partial charge in [0.25, 0.3) is 0 Å². The number of methoxy groups -OCH3 is 1. The Balaban J connectivity index is 2.69. The zero-order valence-electron chi connectivity index (χ0n) is 9.75. The lowest BCUT2D eigenvalue weighted by Gasteiger charge is -2.34. The van der Waals surface area contributed by atoms with Crippen molar-refractivity contribution in [1.29, 1.82) is 0 Å². The fourth-order valence-electron chi connectivity index (χ4n) is 2.00. The summed E-state index contributed by atoms with van der Waals surface area (Å²) in [6.45, 7) is 1.74. The molecule has 7 nitrogen and oxygen atoms in total. The molecule has 1 aliphatic rings. The van der Waals surface area contributed by atoms with E-state index in [0.29, 0.717) is 6.42 Å². The molecule has 1 saturated heterocycles. The van der Waals surface area contributed by atoms with Crippen LogP contribution in [0.2, 0.25) is 0 Å². The summed E-state index contributed by atoms with van der Waals surface area (Å²) in [5.41, 5.74) is 0. The van der Waals surface area contributed by atoms with Crippen LogP contribution in [0.5, 0.6) is 0 Å². The average molecular weight is 247 g/mol. The first kappa shape index (κ1) is 13.7. The topological polar surface area (TPSA) is 105 Å². The number of alkyl carbamates (subject to hydrolysis) is 1. The van der Waals surface area contributed by atoms with E-state index in [2.05, 4.69) is 10.1 Å². The maximum absolute atomic E-state index is 11.1. The van der Waals surface area contributed by atoms with E-state index in [1.165, 1.54) is 0 Å². The van der Waals surface area contributed by atoms with Gasteiger partial charge in [0, 0.05) is 6.42 Å². The number of nitrogens with one attached hydrogen (secondary N) is 1. The molecule has 98 valence electrons. The third kappa shape index (κ3) is 3.86. The second-order valence-corrected chi connectivity index (χ2v) is 4.08. The number of rotatable bonds is 3. The highest BCUT2D eigenvalue weighted by Gasteiger charge is 2.36. The van der Waals surface area contributed by atoms with Gasteiger partial charge in [-0.1, -0.05) is 0 Å². The number of aliphatic carboxylic acids is 1. The van der Waals surface area contributed by atoms with E-state index in [1.54, 1.807) is 6.92 Å². The standard InChI is InChI=1S/C10H17NO6/c1-5-3-6(4-7(12)17-5)8(9(13)14)11-10(15)16-2/h5-8,12H,3-4H2,1-2H3,(H,11,15)(H,13,14)/t5-,6-,7+,8+/m1/s1. The number of aliphatic hydroxyl groups is 1. The summed E-state index contributed by atoms with van der Waals surface area (Å²) in [6.07, 6.45) is -1.41. The van der Waals surface area contributed by atoms with Crippen molar-refractivity contribution in [3.63, 3.8) is 0 Å². The molecule has 17 heavy (non-hydrogen) atoms. The van der Waals surface area contributed by atoms with Crippen LogP contribution in [0.4, 0.5) is 4.79 Å². The third-order valence-corrected chi connectivity index (χ3v) is 2.72. The molecular weight excluding hydrogens is 230 g/mol. The van der Waals surface area contributed by atoms with Crippen LogP contribution in [0.15, 0.2) is 0 Å². The molecule has 1 amide bonds. The predicted octanol–water partition coefficient (Wildman–Crippen LogP) is -0.0709. The first-order valence-electron chi connectivity index (χ1n) is 5.34. The van der Waals surface area contributed by atoms with Crippen molar-refractivity contribution < 1.29 is 29.3 Å². The van der Waals surface area contributed by atoms with Crippen LogP contribution >= 0.6 is 0 Å². The van der Waals surface area contributed by atoms with Gasteiger partial charge in [0.1, 0.15) is 6.04 Å². The Hall–Kier alpha value is -1.34. The molecule has 1 aliphatic heterocycles. The Bertz CT molecular complexity index is 285. The van der Waals surface area contributed by atoms with Crippen LogP contribution in [0.1, 0.15) is 19.8 Å². The van der Waals surface area contributed by atoms with Crippen molar-refractivity contribution in [1.82, 2.24) is 5.32 Å². The molecular formula is C10H17NO6. The Kier molecular flexibility index (Phi) is 4.71. The van der Waals surface area contributed by atoms with Crippen LogP contribution < -0.4 is 5.32 Å². The van der Waals surface area contributed by atoms with Crippen LogP contribution in [0.25, 0.3) is 0 Å². The summed E-state index contributed by atoms with van der Waals surface area (Å²) >= 11 is 0. The summed E-state index contributed by atoms with van der Waals surface area (Å²) in [4.78, 5) is 22.1. The van der Waals surface area contributed by atoms with Gasteiger partial charge in [-0.05, 0) is 19.3 Å². The second-order valence-electron chi connectivity index (χ2n) is 4.08. The highest BCUT2D eigenvalue weighted by molar-refractivity contribution is 5.80. The molecule has 7 heteroatoms. The summed E-state index contributed by atoms with van der Waals surface area (Å²) < 4.78 is 9.46. The fraction of sp³-hybridized carbons (Fsp3) is 0.800.